The Morgan fingerprint density at radius 3 is 2.71 bits per heavy atom. The van der Waals surface area contributed by atoms with Gasteiger partial charge in [0.15, 0.2) is 0 Å². The minimum atomic E-state index is -0.987. The van der Waals surface area contributed by atoms with E-state index in [9.17, 15) is 19.2 Å². The van der Waals surface area contributed by atoms with Crippen LogP contribution in [0.4, 0.5) is 5.69 Å². The molecule has 110 valence electrons. The van der Waals surface area contributed by atoms with Crippen molar-refractivity contribution >= 4 is 29.3 Å². The van der Waals surface area contributed by atoms with Crippen molar-refractivity contribution in [2.24, 2.45) is 0 Å². The molecule has 0 aromatic heterocycles. The summed E-state index contributed by atoms with van der Waals surface area (Å²) in [5.41, 5.74) is 0.273. The first-order valence-corrected chi connectivity index (χ1v) is 6.42. The molecule has 1 aliphatic rings. The number of carbonyl (C=O) groups excluding carboxylic acids is 4. The molecule has 2 rings (SSSR count). The van der Waals surface area contributed by atoms with E-state index in [1.807, 2.05) is 0 Å². The zero-order valence-electron chi connectivity index (χ0n) is 11.4. The molecule has 1 N–H and O–H groups in total. The van der Waals surface area contributed by atoms with Crippen LogP contribution in [-0.4, -0.2) is 43.3 Å². The number of nitrogens with one attached hydrogen (secondary N) is 1. The fraction of sp³-hybridized carbons (Fsp3) is 0.286. The Kier molecular flexibility index (Phi) is 4.32. The summed E-state index contributed by atoms with van der Waals surface area (Å²) in [7, 11) is 0. The molecule has 7 nitrogen and oxygen atoms in total. The second-order valence-electron chi connectivity index (χ2n) is 4.32. The number of hydrogen-bond donors (Lipinski definition) is 1. The fourth-order valence-corrected chi connectivity index (χ4v) is 1.98. The first-order chi connectivity index (χ1) is 10.0. The number of amides is 2. The number of benzene rings is 1. The average molecular weight is 290 g/mol. The number of ether oxygens (including phenoxy) is 1. The normalized spacial score (nSPS) is 14.6. The molecule has 0 spiro atoms. The number of piperazine rings is 1. The summed E-state index contributed by atoms with van der Waals surface area (Å²) in [6.07, 6.45) is 0. The molecule has 0 aliphatic carbocycles. The molecule has 21 heavy (non-hydrogen) atoms. The molecule has 1 aromatic rings. The van der Waals surface area contributed by atoms with E-state index in [-0.39, 0.29) is 42.8 Å². The number of esters is 1. The molecule has 0 radical (unpaired) electrons. The highest BCUT2D eigenvalue weighted by atomic mass is 16.5. The van der Waals surface area contributed by atoms with Gasteiger partial charge in [-0.25, -0.2) is 4.79 Å². The predicted octanol–water partition coefficient (Wildman–Crippen LogP) is -0.105. The van der Waals surface area contributed by atoms with E-state index in [0.29, 0.717) is 0 Å². The maximum Gasteiger partial charge on any atom is 0.379 e. The number of Topliss-reactive ketones (excluding diaryl/α,β-unsaturated/α-hetero) is 1. The van der Waals surface area contributed by atoms with Gasteiger partial charge in [0.25, 0.3) is 5.78 Å². The number of rotatable bonds is 4. The standard InChI is InChI=1S/C14H14N2O5/c1-2-21-14(20)13(19)9-5-3-4-6-10(9)16-8-11(17)15-7-12(16)18/h3-6H,2,7-8H2,1H3,(H,15,17). The second-order valence-corrected chi connectivity index (χ2v) is 4.32. The third-order valence-corrected chi connectivity index (χ3v) is 2.94. The predicted molar refractivity (Wildman–Crippen MR) is 72.8 cm³/mol. The summed E-state index contributed by atoms with van der Waals surface area (Å²) in [6, 6.07) is 6.14. The Labute approximate surface area is 120 Å². The van der Waals surface area contributed by atoms with E-state index in [1.54, 1.807) is 19.1 Å². The highest BCUT2D eigenvalue weighted by Crippen LogP contribution is 2.22. The molecule has 2 amide bonds. The number of carbonyl (C=O) groups is 4. The molecule has 0 saturated carbocycles. The number of anilines is 1. The number of hydrogen-bond acceptors (Lipinski definition) is 5. The molecular weight excluding hydrogens is 276 g/mol. The molecule has 7 heteroatoms. The van der Waals surface area contributed by atoms with Crippen molar-refractivity contribution in [2.75, 3.05) is 24.6 Å². The maximum atomic E-state index is 12.1. The lowest BCUT2D eigenvalue weighted by molar-refractivity contribution is -0.137. The topological polar surface area (TPSA) is 92.8 Å². The first kappa shape index (κ1) is 14.7. The number of nitrogens with zero attached hydrogens (tertiary/aromatic N) is 1. The smallest absolute Gasteiger partial charge is 0.379 e. The van der Waals surface area contributed by atoms with Gasteiger partial charge in [0.2, 0.25) is 11.8 Å². The van der Waals surface area contributed by atoms with Gasteiger partial charge in [-0.2, -0.15) is 0 Å². The van der Waals surface area contributed by atoms with Gasteiger partial charge in [0.1, 0.15) is 6.54 Å². The van der Waals surface area contributed by atoms with Crippen molar-refractivity contribution in [3.8, 4) is 0 Å². The minimum absolute atomic E-state index is 0.0407. The molecular formula is C14H14N2O5. The van der Waals surface area contributed by atoms with Crippen LogP contribution in [0.15, 0.2) is 24.3 Å². The Balaban J connectivity index is 2.36. The van der Waals surface area contributed by atoms with E-state index in [4.69, 9.17) is 0 Å². The quantitative estimate of drug-likeness (QED) is 0.474. The lowest BCUT2D eigenvalue weighted by Gasteiger charge is -2.27. The van der Waals surface area contributed by atoms with Crippen molar-refractivity contribution in [3.05, 3.63) is 29.8 Å². The van der Waals surface area contributed by atoms with Gasteiger partial charge in [-0.15, -0.1) is 0 Å². The van der Waals surface area contributed by atoms with Crippen molar-refractivity contribution in [3.63, 3.8) is 0 Å². The van der Waals surface area contributed by atoms with Crippen LogP contribution in [0, 0.1) is 0 Å². The van der Waals surface area contributed by atoms with Gasteiger partial charge in [-0.3, -0.25) is 14.4 Å². The summed E-state index contributed by atoms with van der Waals surface area (Å²) < 4.78 is 4.68. The van der Waals surface area contributed by atoms with E-state index in [0.717, 1.165) is 0 Å². The Morgan fingerprint density at radius 2 is 2.00 bits per heavy atom. The van der Waals surface area contributed by atoms with E-state index in [2.05, 4.69) is 10.1 Å². The number of para-hydroxylation sites is 1. The fourth-order valence-electron chi connectivity index (χ4n) is 1.98. The number of ketones is 1. The Morgan fingerprint density at radius 1 is 1.29 bits per heavy atom. The van der Waals surface area contributed by atoms with Gasteiger partial charge in [0, 0.05) is 0 Å². The summed E-state index contributed by atoms with van der Waals surface area (Å²) in [5.74, 6) is -2.50. The van der Waals surface area contributed by atoms with Crippen LogP contribution in [-0.2, 0) is 19.1 Å². The van der Waals surface area contributed by atoms with Crippen LogP contribution in [0.5, 0.6) is 0 Å². The molecule has 0 atom stereocenters. The van der Waals surface area contributed by atoms with Crippen molar-refractivity contribution in [2.45, 2.75) is 6.92 Å². The zero-order chi connectivity index (χ0) is 15.4. The second kappa shape index (κ2) is 6.17. The third kappa shape index (κ3) is 3.07. The monoisotopic (exact) mass is 290 g/mol. The SMILES string of the molecule is CCOC(=O)C(=O)c1ccccc1N1CC(=O)NCC1=O. The largest absolute Gasteiger partial charge is 0.460 e. The van der Waals surface area contributed by atoms with Crippen LogP contribution in [0.3, 0.4) is 0 Å². The molecule has 1 fully saturated rings. The van der Waals surface area contributed by atoms with Crippen molar-refractivity contribution < 1.29 is 23.9 Å². The Hall–Kier alpha value is -2.70. The summed E-state index contributed by atoms with van der Waals surface area (Å²) >= 11 is 0. The van der Waals surface area contributed by atoms with Gasteiger partial charge in [0.05, 0.1) is 24.4 Å². The van der Waals surface area contributed by atoms with Crippen LogP contribution in [0.1, 0.15) is 17.3 Å². The minimum Gasteiger partial charge on any atom is -0.460 e. The highest BCUT2D eigenvalue weighted by molar-refractivity contribution is 6.42. The molecule has 0 unspecified atom stereocenters. The molecule has 1 saturated heterocycles. The van der Waals surface area contributed by atoms with Crippen LogP contribution < -0.4 is 10.2 Å². The van der Waals surface area contributed by atoms with Crippen LogP contribution >= 0.6 is 0 Å². The lowest BCUT2D eigenvalue weighted by atomic mass is 10.1. The lowest BCUT2D eigenvalue weighted by Crippen LogP contribution is -2.52. The summed E-state index contributed by atoms with van der Waals surface area (Å²) in [5, 5.41) is 2.42. The molecule has 1 heterocycles. The van der Waals surface area contributed by atoms with Crippen LogP contribution in [0.25, 0.3) is 0 Å². The Bertz CT molecular complexity index is 611. The van der Waals surface area contributed by atoms with Gasteiger partial charge in [-0.05, 0) is 19.1 Å². The molecule has 0 bridgehead atoms. The van der Waals surface area contributed by atoms with Gasteiger partial charge in [-0.1, -0.05) is 12.1 Å². The van der Waals surface area contributed by atoms with Crippen molar-refractivity contribution in [1.29, 1.82) is 0 Å². The summed E-state index contributed by atoms with van der Waals surface area (Å²) in [6.45, 7) is 1.35. The van der Waals surface area contributed by atoms with E-state index >= 15 is 0 Å². The molecule has 1 aromatic carbocycles. The van der Waals surface area contributed by atoms with Gasteiger partial charge >= 0.3 is 5.97 Å². The third-order valence-electron chi connectivity index (χ3n) is 2.94. The van der Waals surface area contributed by atoms with Crippen LogP contribution in [0.2, 0.25) is 0 Å². The first-order valence-electron chi connectivity index (χ1n) is 6.42. The van der Waals surface area contributed by atoms with Gasteiger partial charge < -0.3 is 15.0 Å². The van der Waals surface area contributed by atoms with E-state index in [1.165, 1.54) is 17.0 Å². The highest BCUT2D eigenvalue weighted by Gasteiger charge is 2.29. The summed E-state index contributed by atoms with van der Waals surface area (Å²) in [4.78, 5) is 48.2. The zero-order valence-corrected chi connectivity index (χ0v) is 11.4. The molecule has 1 aliphatic heterocycles. The average Bonchev–Trinajstić information content (AvgIpc) is 2.49. The van der Waals surface area contributed by atoms with Crippen molar-refractivity contribution in [1.82, 2.24) is 5.32 Å². The van der Waals surface area contributed by atoms with E-state index < -0.39 is 11.8 Å². The maximum absolute atomic E-state index is 12.1.